The van der Waals surface area contributed by atoms with E-state index in [0.29, 0.717) is 5.57 Å². The predicted octanol–water partition coefficient (Wildman–Crippen LogP) is 2.86. The standard InChI is InChI=1S/C29H32N2O6/c1-35-24-9-10-25(36-2)21-15-19(14-20(21)24)30-16-26(33)29(37-17-18-6-4-3-5-7-18)13-12-23(32)28-22(29)8-11-27(34)31-28/h3-10,12-13,19,26,30,32-33H,11,14-17H2,1-2H3,(H,31,34)/t26?,29-/m1/s1. The summed E-state index contributed by atoms with van der Waals surface area (Å²) in [5.74, 6) is 1.36. The molecule has 0 saturated heterocycles. The quantitative estimate of drug-likeness (QED) is 0.416. The molecule has 2 atom stereocenters. The Morgan fingerprint density at radius 2 is 1.76 bits per heavy atom. The Hall–Kier alpha value is -3.59. The molecule has 8 heteroatoms. The van der Waals surface area contributed by atoms with Gasteiger partial charge in [-0.05, 0) is 42.7 Å². The van der Waals surface area contributed by atoms with Crippen LogP contribution in [-0.4, -0.2) is 54.6 Å². The van der Waals surface area contributed by atoms with Crippen LogP contribution in [0.1, 0.15) is 23.1 Å². The van der Waals surface area contributed by atoms with Crippen LogP contribution >= 0.6 is 0 Å². The number of aliphatic hydroxyl groups excluding tert-OH is 2. The summed E-state index contributed by atoms with van der Waals surface area (Å²) < 4.78 is 17.6. The number of benzene rings is 2. The van der Waals surface area contributed by atoms with Gasteiger partial charge in [-0.25, -0.2) is 0 Å². The fourth-order valence-corrected chi connectivity index (χ4v) is 5.40. The molecule has 2 aromatic carbocycles. The number of hydrogen-bond donors (Lipinski definition) is 4. The van der Waals surface area contributed by atoms with Crippen molar-refractivity contribution >= 4 is 5.91 Å². The minimum Gasteiger partial charge on any atom is -0.506 e. The van der Waals surface area contributed by atoms with Crippen molar-refractivity contribution in [2.75, 3.05) is 20.8 Å². The van der Waals surface area contributed by atoms with Crippen molar-refractivity contribution in [1.82, 2.24) is 10.6 Å². The SMILES string of the molecule is COc1ccc(OC)c2c1CC(NCC(O)[C@@]1(OCc3ccccc3)C=CC(O)=C3NC(=O)CC=C31)C2. The average molecular weight is 505 g/mol. The molecule has 0 saturated carbocycles. The molecule has 1 amide bonds. The number of amides is 1. The number of methoxy groups -OCH3 is 2. The van der Waals surface area contributed by atoms with Crippen LogP contribution in [0.4, 0.5) is 0 Å². The number of ether oxygens (including phenoxy) is 3. The highest BCUT2D eigenvalue weighted by Crippen LogP contribution is 2.40. The van der Waals surface area contributed by atoms with Gasteiger partial charge in [-0.2, -0.15) is 0 Å². The van der Waals surface area contributed by atoms with Gasteiger partial charge in [0.15, 0.2) is 0 Å². The second-order valence-electron chi connectivity index (χ2n) is 9.49. The second-order valence-corrected chi connectivity index (χ2v) is 9.49. The molecule has 8 nitrogen and oxygen atoms in total. The van der Waals surface area contributed by atoms with Crippen molar-refractivity contribution in [2.24, 2.45) is 0 Å². The highest BCUT2D eigenvalue weighted by Gasteiger charge is 2.46. The molecule has 0 aromatic heterocycles. The molecule has 4 N–H and O–H groups in total. The maximum Gasteiger partial charge on any atom is 0.228 e. The Morgan fingerprint density at radius 3 is 2.41 bits per heavy atom. The molecule has 0 radical (unpaired) electrons. The van der Waals surface area contributed by atoms with Crippen LogP contribution in [0.5, 0.6) is 11.5 Å². The van der Waals surface area contributed by atoms with Crippen molar-refractivity contribution in [3.63, 3.8) is 0 Å². The first-order valence-electron chi connectivity index (χ1n) is 12.4. The predicted molar refractivity (Wildman–Crippen MR) is 138 cm³/mol. The van der Waals surface area contributed by atoms with E-state index in [9.17, 15) is 15.0 Å². The van der Waals surface area contributed by atoms with Crippen molar-refractivity contribution < 1.29 is 29.2 Å². The molecule has 5 rings (SSSR count). The van der Waals surface area contributed by atoms with Crippen LogP contribution in [0.25, 0.3) is 0 Å². The summed E-state index contributed by atoms with van der Waals surface area (Å²) in [5.41, 5.74) is 2.72. The van der Waals surface area contributed by atoms with Crippen LogP contribution in [0.15, 0.2) is 77.7 Å². The van der Waals surface area contributed by atoms with Crippen LogP contribution < -0.4 is 20.1 Å². The van der Waals surface area contributed by atoms with E-state index in [4.69, 9.17) is 14.2 Å². The second kappa shape index (κ2) is 10.4. The number of carbonyl (C=O) groups excluding carboxylic acids is 1. The van der Waals surface area contributed by atoms with Crippen LogP contribution in [0.2, 0.25) is 0 Å². The number of fused-ring (bicyclic) bond motifs is 2. The van der Waals surface area contributed by atoms with Crippen LogP contribution in [0, 0.1) is 0 Å². The smallest absolute Gasteiger partial charge is 0.228 e. The maximum absolute atomic E-state index is 12.1. The summed E-state index contributed by atoms with van der Waals surface area (Å²) in [4.78, 5) is 12.1. The highest BCUT2D eigenvalue weighted by atomic mass is 16.5. The molecule has 194 valence electrons. The minimum absolute atomic E-state index is 0.0659. The molecule has 1 heterocycles. The zero-order valence-electron chi connectivity index (χ0n) is 21.0. The molecular formula is C29H32N2O6. The van der Waals surface area contributed by atoms with Gasteiger partial charge in [0.05, 0.1) is 26.5 Å². The summed E-state index contributed by atoms with van der Waals surface area (Å²) >= 11 is 0. The summed E-state index contributed by atoms with van der Waals surface area (Å²) in [7, 11) is 3.32. The van der Waals surface area contributed by atoms with Crippen LogP contribution in [0.3, 0.4) is 0 Å². The normalized spacial score (nSPS) is 21.7. The van der Waals surface area contributed by atoms with Gasteiger partial charge < -0.3 is 35.1 Å². The van der Waals surface area contributed by atoms with Crippen LogP contribution in [-0.2, 0) is 29.0 Å². The monoisotopic (exact) mass is 504 g/mol. The molecule has 37 heavy (non-hydrogen) atoms. The van der Waals surface area contributed by atoms with Crippen molar-refractivity contribution in [2.45, 2.75) is 43.6 Å². The largest absolute Gasteiger partial charge is 0.506 e. The summed E-state index contributed by atoms with van der Waals surface area (Å²) in [5, 5.41) is 28.4. The number of hydrogen-bond acceptors (Lipinski definition) is 7. The van der Waals surface area contributed by atoms with Crippen molar-refractivity contribution in [1.29, 1.82) is 0 Å². The van der Waals surface area contributed by atoms with E-state index in [2.05, 4.69) is 10.6 Å². The Labute approximate surface area is 216 Å². The highest BCUT2D eigenvalue weighted by molar-refractivity contribution is 5.83. The van der Waals surface area contributed by atoms with Gasteiger partial charge in [0.2, 0.25) is 5.91 Å². The van der Waals surface area contributed by atoms with Gasteiger partial charge in [0, 0.05) is 35.7 Å². The topological polar surface area (TPSA) is 109 Å². The number of carbonyl (C=O) groups is 1. The molecule has 3 aliphatic rings. The van der Waals surface area contributed by atoms with Gasteiger partial charge in [-0.15, -0.1) is 0 Å². The van der Waals surface area contributed by atoms with Crippen molar-refractivity contribution in [3.05, 3.63) is 94.4 Å². The van der Waals surface area contributed by atoms with E-state index < -0.39 is 11.7 Å². The molecule has 0 spiro atoms. The number of rotatable bonds is 9. The van der Waals surface area contributed by atoms with E-state index in [0.717, 1.165) is 41.0 Å². The van der Waals surface area contributed by atoms with Crippen molar-refractivity contribution in [3.8, 4) is 11.5 Å². The zero-order valence-corrected chi connectivity index (χ0v) is 21.0. The lowest BCUT2D eigenvalue weighted by Crippen LogP contribution is -2.54. The van der Waals surface area contributed by atoms with E-state index in [1.54, 1.807) is 26.4 Å². The van der Waals surface area contributed by atoms with E-state index in [1.807, 2.05) is 42.5 Å². The van der Waals surface area contributed by atoms with E-state index in [-0.39, 0.29) is 43.0 Å². The first-order valence-corrected chi connectivity index (χ1v) is 12.4. The van der Waals surface area contributed by atoms with E-state index in [1.165, 1.54) is 6.08 Å². The third-order valence-electron chi connectivity index (χ3n) is 7.29. The summed E-state index contributed by atoms with van der Waals surface area (Å²) in [6.07, 6.45) is 5.48. The maximum atomic E-state index is 12.1. The van der Waals surface area contributed by atoms with Gasteiger partial charge in [0.25, 0.3) is 0 Å². The third kappa shape index (κ3) is 4.75. The average Bonchev–Trinajstić information content (AvgIpc) is 3.36. The third-order valence-corrected chi connectivity index (χ3v) is 7.29. The molecule has 0 bridgehead atoms. The minimum atomic E-state index is -1.26. The summed E-state index contributed by atoms with van der Waals surface area (Å²) in [6.45, 7) is 0.465. The van der Waals surface area contributed by atoms with Gasteiger partial charge in [-0.1, -0.05) is 36.4 Å². The Bertz CT molecular complexity index is 1240. The lowest BCUT2D eigenvalue weighted by Gasteiger charge is -2.42. The first-order chi connectivity index (χ1) is 17.9. The van der Waals surface area contributed by atoms with Gasteiger partial charge in [0.1, 0.15) is 29.0 Å². The Kier molecular flexibility index (Phi) is 7.06. The molecule has 1 aliphatic heterocycles. The molecule has 2 aliphatic carbocycles. The zero-order chi connectivity index (χ0) is 26.0. The lowest BCUT2D eigenvalue weighted by molar-refractivity contribution is -0.120. The fourth-order valence-electron chi connectivity index (χ4n) is 5.40. The van der Waals surface area contributed by atoms with E-state index >= 15 is 0 Å². The lowest BCUT2D eigenvalue weighted by atomic mass is 9.79. The fraction of sp³-hybridized carbons (Fsp3) is 0.345. The van der Waals surface area contributed by atoms with Gasteiger partial charge >= 0.3 is 0 Å². The number of nitrogens with one attached hydrogen (secondary N) is 2. The molecular weight excluding hydrogens is 472 g/mol. The molecule has 0 fully saturated rings. The molecule has 1 unspecified atom stereocenters. The molecule has 2 aromatic rings. The number of aliphatic hydroxyl groups is 2. The summed E-state index contributed by atoms with van der Waals surface area (Å²) in [6, 6.07) is 13.6. The first kappa shape index (κ1) is 25.1. The Balaban J connectivity index is 1.38. The Morgan fingerprint density at radius 1 is 1.08 bits per heavy atom. The number of allylic oxidation sites excluding steroid dienone is 1. The van der Waals surface area contributed by atoms with Gasteiger partial charge in [-0.3, -0.25) is 4.79 Å².